The van der Waals surface area contributed by atoms with Gasteiger partial charge in [0.2, 0.25) is 5.91 Å². The van der Waals surface area contributed by atoms with E-state index in [0.717, 1.165) is 19.5 Å². The first-order valence-electron chi connectivity index (χ1n) is 8.33. The van der Waals surface area contributed by atoms with E-state index in [-0.39, 0.29) is 28.5 Å². The number of nitrogens with one attached hydrogen (secondary N) is 1. The highest BCUT2D eigenvalue weighted by Crippen LogP contribution is 2.39. The Bertz CT molecular complexity index is 612. The van der Waals surface area contributed by atoms with Crippen molar-refractivity contribution in [1.29, 1.82) is 0 Å². The van der Waals surface area contributed by atoms with E-state index in [1.54, 1.807) is 0 Å². The van der Waals surface area contributed by atoms with Gasteiger partial charge in [-0.05, 0) is 37.8 Å². The quantitative estimate of drug-likeness (QED) is 0.762. The van der Waals surface area contributed by atoms with Crippen LogP contribution in [-0.2, 0) is 4.79 Å². The number of phenols is 1. The predicted octanol–water partition coefficient (Wildman–Crippen LogP) is 2.58. The van der Waals surface area contributed by atoms with Crippen LogP contribution in [0.3, 0.4) is 0 Å². The molecule has 0 aliphatic carbocycles. The number of aliphatic hydroxyl groups is 1. The molecule has 3 rings (SSSR count). The van der Waals surface area contributed by atoms with Crippen molar-refractivity contribution in [3.63, 3.8) is 0 Å². The molecule has 24 heavy (non-hydrogen) atoms. The van der Waals surface area contributed by atoms with Gasteiger partial charge in [-0.15, -0.1) is 0 Å². The minimum Gasteiger partial charge on any atom is -0.508 e. The van der Waals surface area contributed by atoms with E-state index in [2.05, 4.69) is 5.32 Å². The number of rotatable bonds is 3. The number of carbonyl (C=O) groups is 1. The summed E-state index contributed by atoms with van der Waals surface area (Å²) in [7, 11) is 0. The summed E-state index contributed by atoms with van der Waals surface area (Å²) >= 11 is 11.9. The van der Waals surface area contributed by atoms with Gasteiger partial charge in [-0.25, -0.2) is 0 Å². The van der Waals surface area contributed by atoms with E-state index < -0.39 is 6.10 Å². The summed E-state index contributed by atoms with van der Waals surface area (Å²) in [6.45, 7) is 2.94. The molecule has 2 fully saturated rings. The SMILES string of the molecule is O=C([C@@H]1CCNC1)N1CCC(C(O)c2cc(Cl)c(Cl)cc2O)CC1. The van der Waals surface area contributed by atoms with Crippen molar-refractivity contribution in [2.24, 2.45) is 11.8 Å². The molecule has 132 valence electrons. The average Bonchev–Trinajstić information content (AvgIpc) is 3.11. The highest BCUT2D eigenvalue weighted by Gasteiger charge is 2.33. The molecule has 1 aromatic rings. The van der Waals surface area contributed by atoms with Gasteiger partial charge in [0.05, 0.1) is 22.1 Å². The van der Waals surface area contributed by atoms with Crippen LogP contribution in [0.25, 0.3) is 0 Å². The molecule has 2 heterocycles. The van der Waals surface area contributed by atoms with Gasteiger partial charge in [0.25, 0.3) is 0 Å². The third-order valence-corrected chi connectivity index (χ3v) is 5.82. The summed E-state index contributed by atoms with van der Waals surface area (Å²) in [5.41, 5.74) is 0.397. The Balaban J connectivity index is 1.62. The minimum atomic E-state index is -0.815. The molecule has 0 saturated carbocycles. The van der Waals surface area contributed by atoms with Gasteiger partial charge in [-0.2, -0.15) is 0 Å². The monoisotopic (exact) mass is 372 g/mol. The molecule has 2 aliphatic rings. The molecule has 1 unspecified atom stereocenters. The Kier molecular flexibility index (Phi) is 5.55. The molecule has 1 aromatic carbocycles. The zero-order chi connectivity index (χ0) is 17.3. The summed E-state index contributed by atoms with van der Waals surface area (Å²) in [6, 6.07) is 2.87. The maximum atomic E-state index is 12.4. The van der Waals surface area contributed by atoms with Crippen LogP contribution in [0.2, 0.25) is 10.0 Å². The number of halogens is 2. The molecule has 1 amide bonds. The molecule has 3 N–H and O–H groups in total. The Morgan fingerprint density at radius 1 is 1.21 bits per heavy atom. The van der Waals surface area contributed by atoms with Crippen molar-refractivity contribution in [2.75, 3.05) is 26.2 Å². The normalized spacial score (nSPS) is 23.5. The Labute approximate surface area is 151 Å². The number of amides is 1. The third-order valence-electron chi connectivity index (χ3n) is 5.10. The highest BCUT2D eigenvalue weighted by atomic mass is 35.5. The van der Waals surface area contributed by atoms with Crippen molar-refractivity contribution >= 4 is 29.1 Å². The van der Waals surface area contributed by atoms with E-state index in [1.807, 2.05) is 4.90 Å². The molecule has 7 heteroatoms. The molecule has 0 spiro atoms. The molecule has 0 aromatic heterocycles. The number of piperidine rings is 1. The zero-order valence-corrected chi connectivity index (χ0v) is 14.9. The van der Waals surface area contributed by atoms with E-state index in [4.69, 9.17) is 23.2 Å². The zero-order valence-electron chi connectivity index (χ0n) is 13.3. The first-order valence-corrected chi connectivity index (χ1v) is 9.08. The maximum absolute atomic E-state index is 12.4. The van der Waals surface area contributed by atoms with Gasteiger partial charge >= 0.3 is 0 Å². The van der Waals surface area contributed by atoms with Crippen LogP contribution in [0, 0.1) is 11.8 Å². The Hall–Kier alpha value is -1.01. The van der Waals surface area contributed by atoms with Gasteiger partial charge in [0.15, 0.2) is 0 Å². The standard InChI is InChI=1S/C17H22Cl2N2O3/c18-13-7-12(15(22)8-14(13)19)16(23)10-2-5-21(6-3-10)17(24)11-1-4-20-9-11/h7-8,10-11,16,20,22-23H,1-6,9H2/t11-,16?/m1/s1. The molecular formula is C17H22Cl2N2O3. The van der Waals surface area contributed by atoms with Gasteiger partial charge in [-0.3, -0.25) is 4.79 Å². The number of nitrogens with zero attached hydrogens (tertiary/aromatic N) is 1. The van der Waals surface area contributed by atoms with Crippen LogP contribution >= 0.6 is 23.2 Å². The lowest BCUT2D eigenvalue weighted by Crippen LogP contribution is -2.43. The average molecular weight is 373 g/mol. The van der Waals surface area contributed by atoms with E-state index in [1.165, 1.54) is 12.1 Å². The molecule has 2 saturated heterocycles. The van der Waals surface area contributed by atoms with Gasteiger partial charge in [0.1, 0.15) is 5.75 Å². The van der Waals surface area contributed by atoms with E-state index in [0.29, 0.717) is 36.5 Å². The van der Waals surface area contributed by atoms with Gasteiger partial charge in [0, 0.05) is 31.3 Å². The van der Waals surface area contributed by atoms with Gasteiger partial charge < -0.3 is 20.4 Å². The first-order chi connectivity index (χ1) is 11.5. The number of carbonyl (C=O) groups excluding carboxylic acids is 1. The van der Waals surface area contributed by atoms with Crippen LogP contribution in [0.4, 0.5) is 0 Å². The van der Waals surface area contributed by atoms with Crippen LogP contribution in [0.1, 0.15) is 30.9 Å². The van der Waals surface area contributed by atoms with Crippen LogP contribution in [0.15, 0.2) is 12.1 Å². The molecule has 2 aliphatic heterocycles. The molecule has 2 atom stereocenters. The molecule has 5 nitrogen and oxygen atoms in total. The fourth-order valence-electron chi connectivity index (χ4n) is 3.60. The fourth-order valence-corrected chi connectivity index (χ4v) is 3.93. The van der Waals surface area contributed by atoms with Crippen LogP contribution in [-0.4, -0.2) is 47.2 Å². The number of phenolic OH excluding ortho intramolecular Hbond substituents is 1. The number of aliphatic hydroxyl groups excluding tert-OH is 1. The predicted molar refractivity (Wildman–Crippen MR) is 93.4 cm³/mol. The highest BCUT2D eigenvalue weighted by molar-refractivity contribution is 6.42. The second kappa shape index (κ2) is 7.48. The topological polar surface area (TPSA) is 72.8 Å². The van der Waals surface area contributed by atoms with Crippen molar-refractivity contribution in [3.8, 4) is 5.75 Å². The maximum Gasteiger partial charge on any atom is 0.227 e. The van der Waals surface area contributed by atoms with E-state index in [9.17, 15) is 15.0 Å². The number of hydrogen-bond acceptors (Lipinski definition) is 4. The molecular weight excluding hydrogens is 351 g/mol. The largest absolute Gasteiger partial charge is 0.508 e. The summed E-state index contributed by atoms with van der Waals surface area (Å²) in [5, 5.41) is 24.4. The number of hydrogen-bond donors (Lipinski definition) is 3. The summed E-state index contributed by atoms with van der Waals surface area (Å²) in [5.74, 6) is 0.238. The fraction of sp³-hybridized carbons (Fsp3) is 0.588. The van der Waals surface area contributed by atoms with Gasteiger partial charge in [-0.1, -0.05) is 23.2 Å². The smallest absolute Gasteiger partial charge is 0.227 e. The minimum absolute atomic E-state index is 0.0149. The van der Waals surface area contributed by atoms with E-state index >= 15 is 0 Å². The number of likely N-dealkylation sites (tertiary alicyclic amines) is 1. The first kappa shape index (κ1) is 17.8. The number of benzene rings is 1. The van der Waals surface area contributed by atoms with Crippen molar-refractivity contribution in [2.45, 2.75) is 25.4 Å². The lowest BCUT2D eigenvalue weighted by Gasteiger charge is -2.35. The summed E-state index contributed by atoms with van der Waals surface area (Å²) < 4.78 is 0. The van der Waals surface area contributed by atoms with Crippen molar-refractivity contribution in [1.82, 2.24) is 10.2 Å². The van der Waals surface area contributed by atoms with Crippen LogP contribution < -0.4 is 5.32 Å². The summed E-state index contributed by atoms with van der Waals surface area (Å²) in [6.07, 6.45) is 1.49. The number of aromatic hydroxyl groups is 1. The second-order valence-electron chi connectivity index (χ2n) is 6.62. The second-order valence-corrected chi connectivity index (χ2v) is 7.44. The van der Waals surface area contributed by atoms with Crippen molar-refractivity contribution in [3.05, 3.63) is 27.7 Å². The lowest BCUT2D eigenvalue weighted by atomic mass is 9.86. The third kappa shape index (κ3) is 3.64. The Morgan fingerprint density at radius 2 is 1.88 bits per heavy atom. The van der Waals surface area contributed by atoms with Crippen LogP contribution in [0.5, 0.6) is 5.75 Å². The lowest BCUT2D eigenvalue weighted by molar-refractivity contribution is -0.137. The Morgan fingerprint density at radius 3 is 2.50 bits per heavy atom. The summed E-state index contributed by atoms with van der Waals surface area (Å²) in [4.78, 5) is 14.3. The van der Waals surface area contributed by atoms with Crippen molar-refractivity contribution < 1.29 is 15.0 Å². The molecule has 0 radical (unpaired) electrons. The molecule has 0 bridgehead atoms.